The van der Waals surface area contributed by atoms with Crippen LogP contribution in [0.2, 0.25) is 0 Å². The third-order valence-corrected chi connectivity index (χ3v) is 3.38. The van der Waals surface area contributed by atoms with Gasteiger partial charge in [0, 0.05) is 19.7 Å². The first-order valence-electron chi connectivity index (χ1n) is 6.86. The quantitative estimate of drug-likeness (QED) is 0.890. The van der Waals surface area contributed by atoms with Gasteiger partial charge in [0.15, 0.2) is 0 Å². The normalized spacial score (nSPS) is 21.8. The van der Waals surface area contributed by atoms with E-state index < -0.39 is 6.04 Å². The molecule has 2 N–H and O–H groups in total. The molecule has 0 aliphatic carbocycles. The molecule has 0 bridgehead atoms. The van der Waals surface area contributed by atoms with Crippen LogP contribution >= 0.6 is 0 Å². The van der Waals surface area contributed by atoms with Crippen molar-refractivity contribution in [1.82, 2.24) is 4.90 Å². The molecule has 4 heteroatoms. The molecule has 0 saturated carbocycles. The fraction of sp³-hybridized carbons (Fsp3) is 0.533. The lowest BCUT2D eigenvalue weighted by atomic mass is 10.1. The Morgan fingerprint density at radius 2 is 2.21 bits per heavy atom. The Balaban J connectivity index is 1.94. The van der Waals surface area contributed by atoms with Crippen LogP contribution in [-0.4, -0.2) is 42.6 Å². The summed E-state index contributed by atoms with van der Waals surface area (Å²) >= 11 is 0. The number of nitrogens with two attached hydrogens (primary N) is 1. The number of rotatable bonds is 3. The van der Waals surface area contributed by atoms with E-state index in [-0.39, 0.29) is 12.0 Å². The number of benzene rings is 1. The molecule has 1 amide bonds. The van der Waals surface area contributed by atoms with Gasteiger partial charge < -0.3 is 15.4 Å². The zero-order valence-corrected chi connectivity index (χ0v) is 11.4. The van der Waals surface area contributed by atoms with Crippen LogP contribution in [0.4, 0.5) is 0 Å². The summed E-state index contributed by atoms with van der Waals surface area (Å²) in [6, 6.07) is 9.43. The number of hydrogen-bond acceptors (Lipinski definition) is 3. The van der Waals surface area contributed by atoms with E-state index >= 15 is 0 Å². The molecule has 1 aromatic carbocycles. The van der Waals surface area contributed by atoms with E-state index in [0.717, 1.165) is 25.1 Å². The standard InChI is InChI=1S/C15H22N2O2/c1-12-11-17(8-5-9-19-12)15(18)14(16)10-13-6-3-2-4-7-13/h2-4,6-7,12,14H,5,8-11,16H2,1H3/t12?,14-/m0/s1. The van der Waals surface area contributed by atoms with Gasteiger partial charge in [0.25, 0.3) is 0 Å². The van der Waals surface area contributed by atoms with Gasteiger partial charge in [-0.3, -0.25) is 4.79 Å². The minimum absolute atomic E-state index is 0.0289. The van der Waals surface area contributed by atoms with Gasteiger partial charge in [-0.25, -0.2) is 0 Å². The Kier molecular flexibility index (Phi) is 4.93. The van der Waals surface area contributed by atoms with E-state index in [1.54, 1.807) is 0 Å². The molecule has 104 valence electrons. The predicted octanol–water partition coefficient (Wildman–Crippen LogP) is 1.19. The zero-order valence-electron chi connectivity index (χ0n) is 11.4. The van der Waals surface area contributed by atoms with Crippen LogP contribution in [0.25, 0.3) is 0 Å². The third-order valence-electron chi connectivity index (χ3n) is 3.38. The summed E-state index contributed by atoms with van der Waals surface area (Å²) in [4.78, 5) is 14.2. The molecule has 1 aromatic rings. The topological polar surface area (TPSA) is 55.6 Å². The first-order chi connectivity index (χ1) is 9.16. The third kappa shape index (κ3) is 4.04. The smallest absolute Gasteiger partial charge is 0.239 e. The first-order valence-corrected chi connectivity index (χ1v) is 6.86. The van der Waals surface area contributed by atoms with Crippen molar-refractivity contribution in [2.24, 2.45) is 5.73 Å². The van der Waals surface area contributed by atoms with Crippen molar-refractivity contribution in [2.45, 2.75) is 31.9 Å². The minimum Gasteiger partial charge on any atom is -0.377 e. The number of ether oxygens (including phenoxy) is 1. The van der Waals surface area contributed by atoms with Crippen molar-refractivity contribution in [3.05, 3.63) is 35.9 Å². The Morgan fingerprint density at radius 3 is 2.95 bits per heavy atom. The highest BCUT2D eigenvalue weighted by molar-refractivity contribution is 5.82. The van der Waals surface area contributed by atoms with E-state index in [4.69, 9.17) is 10.5 Å². The van der Waals surface area contributed by atoms with E-state index in [2.05, 4.69) is 0 Å². The van der Waals surface area contributed by atoms with Crippen LogP contribution in [0.5, 0.6) is 0 Å². The van der Waals surface area contributed by atoms with Crippen molar-refractivity contribution in [2.75, 3.05) is 19.7 Å². The highest BCUT2D eigenvalue weighted by Gasteiger charge is 2.24. The van der Waals surface area contributed by atoms with Crippen molar-refractivity contribution in [1.29, 1.82) is 0 Å². The van der Waals surface area contributed by atoms with Crippen molar-refractivity contribution >= 4 is 5.91 Å². The SMILES string of the molecule is CC1CN(C(=O)[C@@H](N)Cc2ccccc2)CCCO1. The fourth-order valence-corrected chi connectivity index (χ4v) is 2.38. The summed E-state index contributed by atoms with van der Waals surface area (Å²) < 4.78 is 5.55. The van der Waals surface area contributed by atoms with Crippen LogP contribution in [-0.2, 0) is 16.0 Å². The summed E-state index contributed by atoms with van der Waals surface area (Å²) in [6.45, 7) is 4.10. The van der Waals surface area contributed by atoms with Gasteiger partial charge in [-0.05, 0) is 25.3 Å². The summed E-state index contributed by atoms with van der Waals surface area (Å²) in [5.74, 6) is 0.0289. The zero-order chi connectivity index (χ0) is 13.7. The molecule has 2 rings (SSSR count). The molecule has 4 nitrogen and oxygen atoms in total. The van der Waals surface area contributed by atoms with Crippen molar-refractivity contribution < 1.29 is 9.53 Å². The van der Waals surface area contributed by atoms with Gasteiger partial charge in [0.1, 0.15) is 0 Å². The summed E-state index contributed by atoms with van der Waals surface area (Å²) in [5.41, 5.74) is 7.14. The van der Waals surface area contributed by atoms with Gasteiger partial charge in [-0.2, -0.15) is 0 Å². The maximum absolute atomic E-state index is 12.3. The second-order valence-corrected chi connectivity index (χ2v) is 5.12. The molecular weight excluding hydrogens is 240 g/mol. The molecule has 0 radical (unpaired) electrons. The number of amides is 1. The number of hydrogen-bond donors (Lipinski definition) is 1. The lowest BCUT2D eigenvalue weighted by Crippen LogP contribution is -2.46. The lowest BCUT2D eigenvalue weighted by Gasteiger charge is -2.25. The Morgan fingerprint density at radius 1 is 1.47 bits per heavy atom. The molecule has 1 saturated heterocycles. The Labute approximate surface area is 114 Å². The van der Waals surface area contributed by atoms with E-state index in [1.165, 1.54) is 0 Å². The van der Waals surface area contributed by atoms with Gasteiger partial charge >= 0.3 is 0 Å². The highest BCUT2D eigenvalue weighted by atomic mass is 16.5. The predicted molar refractivity (Wildman–Crippen MR) is 74.7 cm³/mol. The molecular formula is C15H22N2O2. The van der Waals surface area contributed by atoms with Crippen LogP contribution in [0.15, 0.2) is 30.3 Å². The number of carbonyl (C=O) groups excluding carboxylic acids is 1. The molecule has 1 fully saturated rings. The van der Waals surface area contributed by atoms with E-state index in [0.29, 0.717) is 13.0 Å². The average Bonchev–Trinajstić information content (AvgIpc) is 2.63. The minimum atomic E-state index is -0.465. The molecule has 0 spiro atoms. The van der Waals surface area contributed by atoms with Crippen molar-refractivity contribution in [3.8, 4) is 0 Å². The lowest BCUT2D eigenvalue weighted by molar-refractivity contribution is -0.133. The van der Waals surface area contributed by atoms with Crippen LogP contribution < -0.4 is 5.73 Å². The second-order valence-electron chi connectivity index (χ2n) is 5.12. The Hall–Kier alpha value is -1.39. The highest BCUT2D eigenvalue weighted by Crippen LogP contribution is 2.09. The molecule has 1 aliphatic rings. The Bertz CT molecular complexity index is 408. The van der Waals surface area contributed by atoms with Crippen LogP contribution in [0.1, 0.15) is 18.9 Å². The summed E-state index contributed by atoms with van der Waals surface area (Å²) in [5, 5.41) is 0. The van der Waals surface area contributed by atoms with E-state index in [9.17, 15) is 4.79 Å². The molecule has 0 aromatic heterocycles. The molecule has 1 aliphatic heterocycles. The summed E-state index contributed by atoms with van der Waals surface area (Å²) in [6.07, 6.45) is 1.56. The average molecular weight is 262 g/mol. The van der Waals surface area contributed by atoms with E-state index in [1.807, 2.05) is 42.2 Å². The number of carbonyl (C=O) groups is 1. The molecule has 19 heavy (non-hydrogen) atoms. The maximum Gasteiger partial charge on any atom is 0.239 e. The van der Waals surface area contributed by atoms with Gasteiger partial charge in [0.05, 0.1) is 12.1 Å². The van der Waals surface area contributed by atoms with Gasteiger partial charge in [-0.1, -0.05) is 30.3 Å². The number of nitrogens with zero attached hydrogens (tertiary/aromatic N) is 1. The monoisotopic (exact) mass is 262 g/mol. The van der Waals surface area contributed by atoms with Crippen LogP contribution in [0, 0.1) is 0 Å². The second kappa shape index (κ2) is 6.68. The van der Waals surface area contributed by atoms with Crippen LogP contribution in [0.3, 0.4) is 0 Å². The fourth-order valence-electron chi connectivity index (χ4n) is 2.38. The molecule has 1 unspecified atom stereocenters. The maximum atomic E-state index is 12.3. The summed E-state index contributed by atoms with van der Waals surface area (Å²) in [7, 11) is 0. The largest absolute Gasteiger partial charge is 0.377 e. The molecule has 2 atom stereocenters. The van der Waals surface area contributed by atoms with Gasteiger partial charge in [0.2, 0.25) is 5.91 Å². The molecule has 1 heterocycles. The van der Waals surface area contributed by atoms with Crippen molar-refractivity contribution in [3.63, 3.8) is 0 Å². The van der Waals surface area contributed by atoms with Gasteiger partial charge in [-0.15, -0.1) is 0 Å². The first kappa shape index (κ1) is 14.0.